The van der Waals surface area contributed by atoms with Crippen LogP contribution in [0.5, 0.6) is 0 Å². The smallest absolute Gasteiger partial charge is 0.126 e. The Morgan fingerprint density at radius 2 is 1.82 bits per heavy atom. The highest BCUT2D eigenvalue weighted by Gasteiger charge is 2.23. The maximum absolute atomic E-state index is 14.0. The monoisotopic (exact) mass is 310 g/mol. The minimum atomic E-state index is -0.627. The summed E-state index contributed by atoms with van der Waals surface area (Å²) in [6, 6.07) is 4.82. The van der Waals surface area contributed by atoms with Gasteiger partial charge in [-0.3, -0.25) is 0 Å². The third-order valence-electron chi connectivity index (χ3n) is 4.28. The van der Waals surface area contributed by atoms with Gasteiger partial charge in [-0.1, -0.05) is 38.8 Å². The highest BCUT2D eigenvalue weighted by molar-refractivity contribution is 5.27. The SMILES string of the molecule is CCCC(N)(CCC)CCc1cc(C(O)CCN)ccc1F. The average molecular weight is 310 g/mol. The van der Waals surface area contributed by atoms with E-state index in [1.807, 2.05) is 0 Å². The predicted octanol–water partition coefficient (Wildman–Crippen LogP) is 3.44. The Morgan fingerprint density at radius 1 is 1.18 bits per heavy atom. The van der Waals surface area contributed by atoms with Gasteiger partial charge in [0.25, 0.3) is 0 Å². The Hall–Kier alpha value is -0.970. The van der Waals surface area contributed by atoms with Gasteiger partial charge in [0.1, 0.15) is 5.82 Å². The summed E-state index contributed by atoms with van der Waals surface area (Å²) in [6.45, 7) is 4.66. The maximum atomic E-state index is 14.0. The molecule has 0 aliphatic rings. The van der Waals surface area contributed by atoms with E-state index in [2.05, 4.69) is 13.8 Å². The molecule has 1 rings (SSSR count). The topological polar surface area (TPSA) is 72.3 Å². The largest absolute Gasteiger partial charge is 0.388 e. The number of benzene rings is 1. The second-order valence-corrected chi connectivity index (χ2v) is 6.31. The van der Waals surface area contributed by atoms with Crippen LogP contribution in [0.1, 0.15) is 69.6 Å². The van der Waals surface area contributed by atoms with Gasteiger partial charge in [0.05, 0.1) is 6.10 Å². The summed E-state index contributed by atoms with van der Waals surface area (Å²) in [5, 5.41) is 10.0. The second-order valence-electron chi connectivity index (χ2n) is 6.31. The van der Waals surface area contributed by atoms with E-state index in [-0.39, 0.29) is 11.4 Å². The fourth-order valence-corrected chi connectivity index (χ4v) is 3.07. The Balaban J connectivity index is 2.81. The van der Waals surface area contributed by atoms with Crippen LogP contribution in [-0.2, 0) is 6.42 Å². The lowest BCUT2D eigenvalue weighted by molar-refractivity contribution is 0.170. The zero-order valence-electron chi connectivity index (χ0n) is 13.9. The van der Waals surface area contributed by atoms with E-state index in [1.165, 1.54) is 6.07 Å². The first kappa shape index (κ1) is 19.1. The van der Waals surface area contributed by atoms with Crippen LogP contribution in [0.15, 0.2) is 18.2 Å². The number of aliphatic hydroxyl groups excluding tert-OH is 1. The minimum Gasteiger partial charge on any atom is -0.388 e. The lowest BCUT2D eigenvalue weighted by Crippen LogP contribution is -2.40. The van der Waals surface area contributed by atoms with Crippen molar-refractivity contribution >= 4 is 0 Å². The Bertz CT molecular complexity index is 445. The van der Waals surface area contributed by atoms with Crippen LogP contribution in [0.3, 0.4) is 0 Å². The van der Waals surface area contributed by atoms with Crippen molar-refractivity contribution in [1.82, 2.24) is 0 Å². The molecule has 0 spiro atoms. The summed E-state index contributed by atoms with van der Waals surface area (Å²) >= 11 is 0. The summed E-state index contributed by atoms with van der Waals surface area (Å²) in [5.41, 5.74) is 13.1. The number of hydrogen-bond donors (Lipinski definition) is 3. The summed E-state index contributed by atoms with van der Waals surface area (Å²) in [4.78, 5) is 0. The Labute approximate surface area is 133 Å². The Morgan fingerprint density at radius 3 is 2.36 bits per heavy atom. The van der Waals surface area contributed by atoms with Crippen LogP contribution < -0.4 is 11.5 Å². The van der Waals surface area contributed by atoms with E-state index >= 15 is 0 Å². The fourth-order valence-electron chi connectivity index (χ4n) is 3.07. The van der Waals surface area contributed by atoms with E-state index in [9.17, 15) is 9.50 Å². The van der Waals surface area contributed by atoms with Crippen molar-refractivity contribution in [2.75, 3.05) is 6.54 Å². The van der Waals surface area contributed by atoms with Crippen molar-refractivity contribution in [3.63, 3.8) is 0 Å². The summed E-state index contributed by atoms with van der Waals surface area (Å²) in [6.07, 6.45) is 5.21. The van der Waals surface area contributed by atoms with Crippen molar-refractivity contribution in [3.8, 4) is 0 Å². The quantitative estimate of drug-likeness (QED) is 0.620. The predicted molar refractivity (Wildman–Crippen MR) is 90.1 cm³/mol. The van der Waals surface area contributed by atoms with Gasteiger partial charge in [-0.25, -0.2) is 4.39 Å². The molecular weight excluding hydrogens is 279 g/mol. The van der Waals surface area contributed by atoms with Crippen molar-refractivity contribution in [2.24, 2.45) is 11.5 Å². The van der Waals surface area contributed by atoms with E-state index in [1.54, 1.807) is 12.1 Å². The van der Waals surface area contributed by atoms with Crippen molar-refractivity contribution in [2.45, 2.75) is 70.4 Å². The average Bonchev–Trinajstić information content (AvgIpc) is 2.47. The molecule has 1 aromatic carbocycles. The maximum Gasteiger partial charge on any atom is 0.126 e. The standard InChI is InChI=1S/C18H31FN2O/c1-3-9-18(21,10-4-2)11-7-14-13-15(5-6-16(14)19)17(22)8-12-20/h5-6,13,17,22H,3-4,7-12,20-21H2,1-2H3. The number of aryl methyl sites for hydroxylation is 1. The molecule has 3 nitrogen and oxygen atoms in total. The highest BCUT2D eigenvalue weighted by atomic mass is 19.1. The van der Waals surface area contributed by atoms with Gasteiger partial charge in [0.2, 0.25) is 0 Å². The molecule has 126 valence electrons. The molecule has 0 aliphatic heterocycles. The van der Waals surface area contributed by atoms with Crippen LogP contribution in [0.4, 0.5) is 4.39 Å². The molecule has 0 aliphatic carbocycles. The molecule has 4 heteroatoms. The number of aliphatic hydroxyl groups is 1. The van der Waals surface area contributed by atoms with Crippen molar-refractivity contribution in [3.05, 3.63) is 35.1 Å². The summed E-state index contributed by atoms with van der Waals surface area (Å²) < 4.78 is 14.0. The van der Waals surface area contributed by atoms with Crippen LogP contribution >= 0.6 is 0 Å². The number of rotatable bonds is 10. The van der Waals surface area contributed by atoms with Crippen LogP contribution in [0.25, 0.3) is 0 Å². The zero-order valence-corrected chi connectivity index (χ0v) is 13.9. The number of nitrogens with two attached hydrogens (primary N) is 2. The van der Waals surface area contributed by atoms with E-state index in [4.69, 9.17) is 11.5 Å². The normalized spacial score (nSPS) is 13.4. The third-order valence-corrected chi connectivity index (χ3v) is 4.28. The van der Waals surface area contributed by atoms with Crippen LogP contribution in [0.2, 0.25) is 0 Å². The van der Waals surface area contributed by atoms with Gasteiger partial charge in [-0.2, -0.15) is 0 Å². The minimum absolute atomic E-state index is 0.220. The third kappa shape index (κ3) is 5.67. The van der Waals surface area contributed by atoms with E-state index < -0.39 is 6.10 Å². The molecule has 0 bridgehead atoms. The van der Waals surface area contributed by atoms with Gasteiger partial charge in [0.15, 0.2) is 0 Å². The first-order valence-electron chi connectivity index (χ1n) is 8.41. The van der Waals surface area contributed by atoms with Gasteiger partial charge < -0.3 is 16.6 Å². The highest BCUT2D eigenvalue weighted by Crippen LogP contribution is 2.25. The molecule has 0 saturated carbocycles. The van der Waals surface area contributed by atoms with Gasteiger partial charge in [0, 0.05) is 5.54 Å². The molecule has 0 amide bonds. The van der Waals surface area contributed by atoms with E-state index in [0.717, 1.165) is 37.7 Å². The molecule has 22 heavy (non-hydrogen) atoms. The van der Waals surface area contributed by atoms with Crippen LogP contribution in [0, 0.1) is 5.82 Å². The molecule has 0 saturated heterocycles. The molecule has 0 radical (unpaired) electrons. The molecule has 5 N–H and O–H groups in total. The molecule has 1 atom stereocenters. The zero-order chi connectivity index (χ0) is 16.6. The molecule has 0 aromatic heterocycles. The number of halogens is 1. The Kier molecular flexibility index (Phi) is 8.01. The lowest BCUT2D eigenvalue weighted by Gasteiger charge is -2.29. The first-order chi connectivity index (χ1) is 10.5. The first-order valence-corrected chi connectivity index (χ1v) is 8.41. The molecule has 1 aromatic rings. The molecule has 0 fully saturated rings. The van der Waals surface area contributed by atoms with Crippen molar-refractivity contribution < 1.29 is 9.50 Å². The summed E-state index contributed by atoms with van der Waals surface area (Å²) in [7, 11) is 0. The molecular formula is C18H31FN2O. The van der Waals surface area contributed by atoms with Crippen molar-refractivity contribution in [1.29, 1.82) is 0 Å². The van der Waals surface area contributed by atoms with Gasteiger partial charge >= 0.3 is 0 Å². The van der Waals surface area contributed by atoms with Crippen LogP contribution in [-0.4, -0.2) is 17.2 Å². The molecule has 0 heterocycles. The fraction of sp³-hybridized carbons (Fsp3) is 0.667. The second kappa shape index (κ2) is 9.23. The van der Waals surface area contributed by atoms with Gasteiger partial charge in [-0.05, 0) is 55.8 Å². The van der Waals surface area contributed by atoms with Gasteiger partial charge in [-0.15, -0.1) is 0 Å². The number of hydrogen-bond acceptors (Lipinski definition) is 3. The van der Waals surface area contributed by atoms with E-state index in [0.29, 0.717) is 24.9 Å². The summed E-state index contributed by atoms with van der Waals surface area (Å²) in [5.74, 6) is -0.223. The molecule has 1 unspecified atom stereocenters. The lowest BCUT2D eigenvalue weighted by atomic mass is 9.84.